The Hall–Kier alpha value is -3.52. The third-order valence-corrected chi connectivity index (χ3v) is 5.46. The highest BCUT2D eigenvalue weighted by Crippen LogP contribution is 2.44. The van der Waals surface area contributed by atoms with Gasteiger partial charge in [0, 0.05) is 17.4 Å². The van der Waals surface area contributed by atoms with Crippen molar-refractivity contribution in [1.29, 1.82) is 0 Å². The highest BCUT2D eigenvalue weighted by atomic mass is 16.5. The van der Waals surface area contributed by atoms with Gasteiger partial charge in [-0.05, 0) is 50.6 Å². The van der Waals surface area contributed by atoms with Gasteiger partial charge in [0.1, 0.15) is 11.3 Å². The van der Waals surface area contributed by atoms with E-state index in [2.05, 4.69) is 25.8 Å². The first-order chi connectivity index (χ1) is 14.1. The molecule has 5 rings (SSSR count). The van der Waals surface area contributed by atoms with Gasteiger partial charge in [0.15, 0.2) is 0 Å². The third-order valence-electron chi connectivity index (χ3n) is 5.46. The van der Waals surface area contributed by atoms with Crippen LogP contribution in [0.1, 0.15) is 34.8 Å². The zero-order valence-corrected chi connectivity index (χ0v) is 16.1. The van der Waals surface area contributed by atoms with Crippen LogP contribution in [-0.4, -0.2) is 32.5 Å². The molecular formula is C21H20N6O2. The maximum atomic E-state index is 12.8. The van der Waals surface area contributed by atoms with E-state index in [1.54, 1.807) is 10.6 Å². The molecule has 1 aliphatic rings. The van der Waals surface area contributed by atoms with Crippen molar-refractivity contribution in [2.24, 2.45) is 0 Å². The molecule has 1 aromatic carbocycles. The summed E-state index contributed by atoms with van der Waals surface area (Å²) in [6.45, 7) is 1.94. The van der Waals surface area contributed by atoms with E-state index in [1.165, 1.54) is 0 Å². The van der Waals surface area contributed by atoms with Crippen molar-refractivity contribution < 1.29 is 9.32 Å². The van der Waals surface area contributed by atoms with E-state index in [9.17, 15) is 4.79 Å². The first-order valence-corrected chi connectivity index (χ1v) is 9.47. The number of aryl methyl sites for hydroxylation is 1. The summed E-state index contributed by atoms with van der Waals surface area (Å²) in [6, 6.07) is 11.3. The van der Waals surface area contributed by atoms with Gasteiger partial charge < -0.3 is 15.2 Å². The fourth-order valence-corrected chi connectivity index (χ4v) is 3.41. The Morgan fingerprint density at radius 3 is 2.90 bits per heavy atom. The lowest BCUT2D eigenvalue weighted by Crippen LogP contribution is -2.24. The van der Waals surface area contributed by atoms with Crippen LogP contribution in [0, 0.1) is 6.92 Å². The van der Waals surface area contributed by atoms with Crippen molar-refractivity contribution in [3.05, 3.63) is 65.9 Å². The van der Waals surface area contributed by atoms with Crippen molar-refractivity contribution in [3.63, 3.8) is 0 Å². The summed E-state index contributed by atoms with van der Waals surface area (Å²) >= 11 is 0. The predicted molar refractivity (Wildman–Crippen MR) is 108 cm³/mol. The smallest absolute Gasteiger partial charge is 0.274 e. The molecule has 2 N–H and O–H groups in total. The second-order valence-electron chi connectivity index (χ2n) is 7.31. The van der Waals surface area contributed by atoms with Crippen molar-refractivity contribution in [3.8, 4) is 11.4 Å². The van der Waals surface area contributed by atoms with E-state index < -0.39 is 0 Å². The molecule has 0 unspecified atom stereocenters. The van der Waals surface area contributed by atoms with Gasteiger partial charge in [0.2, 0.25) is 11.7 Å². The van der Waals surface area contributed by atoms with Crippen LogP contribution in [0.2, 0.25) is 0 Å². The molecule has 0 bridgehead atoms. The number of pyridine rings is 1. The topological polar surface area (TPSA) is 97.3 Å². The monoisotopic (exact) mass is 388 g/mol. The second kappa shape index (κ2) is 6.52. The summed E-state index contributed by atoms with van der Waals surface area (Å²) in [4.78, 5) is 21.7. The van der Waals surface area contributed by atoms with E-state index in [4.69, 9.17) is 4.52 Å². The van der Waals surface area contributed by atoms with Crippen molar-refractivity contribution in [2.45, 2.75) is 25.3 Å². The van der Waals surface area contributed by atoms with Crippen LogP contribution in [0.3, 0.4) is 0 Å². The zero-order chi connectivity index (χ0) is 20.0. The van der Waals surface area contributed by atoms with Crippen LogP contribution in [0.4, 0.5) is 5.69 Å². The molecule has 0 saturated heterocycles. The van der Waals surface area contributed by atoms with Gasteiger partial charge in [-0.15, -0.1) is 0 Å². The Morgan fingerprint density at radius 1 is 1.24 bits per heavy atom. The molecule has 3 aromatic heterocycles. The van der Waals surface area contributed by atoms with Gasteiger partial charge in [-0.1, -0.05) is 23.4 Å². The quantitative estimate of drug-likeness (QED) is 0.545. The molecule has 4 aromatic rings. The lowest BCUT2D eigenvalue weighted by atomic mass is 10.1. The predicted octanol–water partition coefficient (Wildman–Crippen LogP) is 3.15. The number of hydrogen-bond donors (Lipinski definition) is 2. The van der Waals surface area contributed by atoms with Crippen molar-refractivity contribution >= 4 is 17.2 Å². The van der Waals surface area contributed by atoms with Crippen LogP contribution >= 0.6 is 0 Å². The largest absolute Gasteiger partial charge is 0.337 e. The molecule has 1 saturated carbocycles. The highest BCUT2D eigenvalue weighted by Gasteiger charge is 2.48. The SMILES string of the molecule is CNC1(c2nc(-c3ccc(C)c(NC(=O)c4cnc5ccccn45)c3)no2)CC1. The number of rotatable bonds is 5. The molecule has 1 fully saturated rings. The fourth-order valence-electron chi connectivity index (χ4n) is 3.41. The molecular weight excluding hydrogens is 368 g/mol. The number of fused-ring (bicyclic) bond motifs is 1. The van der Waals surface area contributed by atoms with Crippen molar-refractivity contribution in [2.75, 3.05) is 12.4 Å². The summed E-state index contributed by atoms with van der Waals surface area (Å²) in [5.74, 6) is 0.878. The van der Waals surface area contributed by atoms with Gasteiger partial charge >= 0.3 is 0 Å². The number of anilines is 1. The number of aromatic nitrogens is 4. The number of imidazole rings is 1. The highest BCUT2D eigenvalue weighted by molar-refractivity contribution is 6.04. The number of amides is 1. The van der Waals surface area contributed by atoms with Crippen LogP contribution in [-0.2, 0) is 5.54 Å². The minimum Gasteiger partial charge on any atom is -0.337 e. The van der Waals surface area contributed by atoms with E-state index in [1.807, 2.05) is 56.6 Å². The average Bonchev–Trinajstić information content (AvgIpc) is 3.18. The first-order valence-electron chi connectivity index (χ1n) is 9.47. The second-order valence-corrected chi connectivity index (χ2v) is 7.31. The van der Waals surface area contributed by atoms with Gasteiger partial charge in [0.25, 0.3) is 5.91 Å². The lowest BCUT2D eigenvalue weighted by Gasteiger charge is -2.09. The van der Waals surface area contributed by atoms with E-state index in [-0.39, 0.29) is 11.4 Å². The van der Waals surface area contributed by atoms with Crippen molar-refractivity contribution in [1.82, 2.24) is 24.8 Å². The summed E-state index contributed by atoms with van der Waals surface area (Å²) in [5, 5.41) is 10.4. The number of nitrogens with zero attached hydrogens (tertiary/aromatic N) is 4. The van der Waals surface area contributed by atoms with E-state index in [0.29, 0.717) is 23.1 Å². The molecule has 146 valence electrons. The molecule has 0 spiro atoms. The van der Waals surface area contributed by atoms with Crippen LogP contribution in [0.15, 0.2) is 53.3 Å². The average molecular weight is 388 g/mol. The molecule has 8 heteroatoms. The maximum Gasteiger partial charge on any atom is 0.274 e. The van der Waals surface area contributed by atoms with Gasteiger partial charge in [-0.25, -0.2) is 4.98 Å². The molecule has 0 atom stereocenters. The lowest BCUT2D eigenvalue weighted by molar-refractivity contribution is 0.102. The van der Waals surface area contributed by atoms with E-state index in [0.717, 1.165) is 29.6 Å². The summed E-state index contributed by atoms with van der Waals surface area (Å²) in [6.07, 6.45) is 5.36. The molecule has 1 amide bonds. The Bertz CT molecular complexity index is 1220. The summed E-state index contributed by atoms with van der Waals surface area (Å²) in [7, 11) is 1.90. The number of carbonyl (C=O) groups is 1. The van der Waals surface area contributed by atoms with E-state index >= 15 is 0 Å². The maximum absolute atomic E-state index is 12.8. The Morgan fingerprint density at radius 2 is 2.10 bits per heavy atom. The Kier molecular flexibility index (Phi) is 3.95. The third kappa shape index (κ3) is 2.98. The van der Waals surface area contributed by atoms with Crippen LogP contribution in [0.5, 0.6) is 0 Å². The van der Waals surface area contributed by atoms with Gasteiger partial charge in [-0.3, -0.25) is 9.20 Å². The number of benzene rings is 1. The molecule has 0 radical (unpaired) electrons. The minimum atomic E-state index is -0.232. The number of hydrogen-bond acceptors (Lipinski definition) is 6. The first kappa shape index (κ1) is 17.6. The summed E-state index contributed by atoms with van der Waals surface area (Å²) in [5.41, 5.74) is 3.42. The van der Waals surface area contributed by atoms with Crippen LogP contribution < -0.4 is 10.6 Å². The van der Waals surface area contributed by atoms with Crippen LogP contribution in [0.25, 0.3) is 17.0 Å². The molecule has 29 heavy (non-hydrogen) atoms. The number of nitrogens with one attached hydrogen (secondary N) is 2. The van der Waals surface area contributed by atoms with Gasteiger partial charge in [0.05, 0.1) is 11.7 Å². The van der Waals surface area contributed by atoms with Gasteiger partial charge in [-0.2, -0.15) is 4.98 Å². The number of carbonyl (C=O) groups excluding carboxylic acids is 1. The minimum absolute atomic E-state index is 0.184. The molecule has 0 aliphatic heterocycles. The Labute approximate surface area is 167 Å². The normalized spacial score (nSPS) is 14.8. The molecule has 8 nitrogen and oxygen atoms in total. The summed E-state index contributed by atoms with van der Waals surface area (Å²) < 4.78 is 7.23. The molecule has 1 aliphatic carbocycles. The molecule has 3 heterocycles. The standard InChI is InChI=1S/C21H20N6O2/c1-13-6-7-14(18-25-20(29-26-18)21(22-2)8-9-21)11-15(13)24-19(28)16-12-23-17-5-3-4-10-27(16)17/h3-7,10-12,22H,8-9H2,1-2H3,(H,24,28). The fraction of sp³-hybridized carbons (Fsp3) is 0.238. The Balaban J connectivity index is 1.43. The zero-order valence-electron chi connectivity index (χ0n) is 16.1.